The van der Waals surface area contributed by atoms with E-state index in [9.17, 15) is 5.11 Å². The molecule has 3 unspecified atom stereocenters. The van der Waals surface area contributed by atoms with Gasteiger partial charge in [0.05, 0.1) is 6.10 Å². The Morgan fingerprint density at radius 3 is 2.88 bits per heavy atom. The topological polar surface area (TPSA) is 33.1 Å². The maximum Gasteiger partial charge on any atom is 0.0824 e. The fourth-order valence-electron chi connectivity index (χ4n) is 3.21. The second-order valence-corrected chi connectivity index (χ2v) is 5.29. The first kappa shape index (κ1) is 12.6. The van der Waals surface area contributed by atoms with Gasteiger partial charge in [-0.05, 0) is 42.4 Å². The van der Waals surface area contributed by atoms with Gasteiger partial charge in [-0.15, -0.1) is 0 Å². The van der Waals surface area contributed by atoms with E-state index in [1.54, 1.807) is 6.20 Å². The number of hydrogen-bond acceptors (Lipinski definition) is 2. The minimum atomic E-state index is -0.303. The molecule has 2 nitrogen and oxygen atoms in total. The quantitative estimate of drug-likeness (QED) is 0.864. The van der Waals surface area contributed by atoms with Gasteiger partial charge in [-0.3, -0.25) is 4.98 Å². The molecule has 1 fully saturated rings. The Balaban J connectivity index is 2.18. The van der Waals surface area contributed by atoms with Gasteiger partial charge in [0.1, 0.15) is 0 Å². The maximum atomic E-state index is 10.6. The van der Waals surface area contributed by atoms with Crippen LogP contribution < -0.4 is 0 Å². The number of aliphatic hydroxyl groups is 1. The van der Waals surface area contributed by atoms with E-state index in [4.69, 9.17) is 0 Å². The molecule has 2 heteroatoms. The summed E-state index contributed by atoms with van der Waals surface area (Å²) in [6.07, 6.45) is 9.57. The first-order valence-corrected chi connectivity index (χ1v) is 6.82. The number of aryl methyl sites for hydroxylation is 1. The lowest BCUT2D eigenvalue weighted by molar-refractivity contribution is 0.0447. The van der Waals surface area contributed by atoms with Crippen LogP contribution in [0.1, 0.15) is 56.3 Å². The summed E-state index contributed by atoms with van der Waals surface area (Å²) in [5.74, 6) is 1.13. The molecule has 0 aromatic carbocycles. The second kappa shape index (κ2) is 5.63. The van der Waals surface area contributed by atoms with Gasteiger partial charge in [-0.25, -0.2) is 0 Å². The summed E-state index contributed by atoms with van der Waals surface area (Å²) in [5.41, 5.74) is 2.19. The van der Waals surface area contributed by atoms with Gasteiger partial charge in [0.15, 0.2) is 0 Å². The number of rotatable bonds is 3. The third kappa shape index (κ3) is 2.68. The summed E-state index contributed by atoms with van der Waals surface area (Å²) in [5, 5.41) is 10.6. The van der Waals surface area contributed by atoms with E-state index < -0.39 is 0 Å². The summed E-state index contributed by atoms with van der Waals surface area (Å²) >= 11 is 0. The van der Waals surface area contributed by atoms with Crippen molar-refractivity contribution < 1.29 is 5.11 Å². The highest BCUT2D eigenvalue weighted by Gasteiger charge is 2.31. The Hall–Kier alpha value is -0.890. The smallest absolute Gasteiger partial charge is 0.0824 e. The molecule has 1 aliphatic rings. The van der Waals surface area contributed by atoms with Crippen LogP contribution in [0.2, 0.25) is 0 Å². The molecule has 0 radical (unpaired) electrons. The van der Waals surface area contributed by atoms with Crippen molar-refractivity contribution in [3.05, 3.63) is 29.6 Å². The van der Waals surface area contributed by atoms with Crippen molar-refractivity contribution in [2.24, 2.45) is 11.8 Å². The van der Waals surface area contributed by atoms with E-state index in [1.165, 1.54) is 32.1 Å². The van der Waals surface area contributed by atoms with E-state index in [2.05, 4.69) is 11.9 Å². The van der Waals surface area contributed by atoms with Crippen LogP contribution in [0.15, 0.2) is 18.5 Å². The summed E-state index contributed by atoms with van der Waals surface area (Å²) in [7, 11) is 0. The van der Waals surface area contributed by atoms with Gasteiger partial charge in [0.2, 0.25) is 0 Å². The second-order valence-electron chi connectivity index (χ2n) is 5.29. The molecule has 0 saturated heterocycles. The number of pyridine rings is 1. The SMILES string of the molecule is CCC1CCCCC1C(O)c1ccncc1C. The van der Waals surface area contributed by atoms with Crippen LogP contribution in [-0.4, -0.2) is 10.1 Å². The fraction of sp³-hybridized carbons (Fsp3) is 0.667. The molecule has 17 heavy (non-hydrogen) atoms. The lowest BCUT2D eigenvalue weighted by Gasteiger charge is -2.35. The Labute approximate surface area is 104 Å². The summed E-state index contributed by atoms with van der Waals surface area (Å²) in [6, 6.07) is 1.97. The largest absolute Gasteiger partial charge is 0.388 e. The standard InChI is InChI=1S/C15H23NO/c1-3-12-6-4-5-7-14(12)15(17)13-8-9-16-10-11(13)2/h8-10,12,14-15,17H,3-7H2,1-2H3. The highest BCUT2D eigenvalue weighted by molar-refractivity contribution is 5.24. The molecule has 1 aliphatic carbocycles. The van der Waals surface area contributed by atoms with Crippen molar-refractivity contribution in [3.8, 4) is 0 Å². The number of nitrogens with zero attached hydrogens (tertiary/aromatic N) is 1. The normalized spacial score (nSPS) is 26.8. The van der Waals surface area contributed by atoms with Gasteiger partial charge in [-0.2, -0.15) is 0 Å². The van der Waals surface area contributed by atoms with Crippen LogP contribution in [0.4, 0.5) is 0 Å². The lowest BCUT2D eigenvalue weighted by atomic mass is 9.73. The Bertz CT molecular complexity index is 364. The van der Waals surface area contributed by atoms with E-state index >= 15 is 0 Å². The first-order chi connectivity index (χ1) is 8.24. The first-order valence-electron chi connectivity index (χ1n) is 6.82. The predicted octanol–water partition coefficient (Wildman–Crippen LogP) is 3.64. The van der Waals surface area contributed by atoms with Crippen LogP contribution in [0.3, 0.4) is 0 Å². The monoisotopic (exact) mass is 233 g/mol. The molecule has 0 bridgehead atoms. The summed E-state index contributed by atoms with van der Waals surface area (Å²) < 4.78 is 0. The molecule has 1 N–H and O–H groups in total. The zero-order chi connectivity index (χ0) is 12.3. The molecule has 94 valence electrons. The molecular formula is C15H23NO. The molecule has 1 heterocycles. The van der Waals surface area contributed by atoms with Gasteiger partial charge < -0.3 is 5.11 Å². The molecule has 1 saturated carbocycles. The molecule has 3 atom stereocenters. The molecular weight excluding hydrogens is 210 g/mol. The third-order valence-corrected chi connectivity index (χ3v) is 4.28. The molecule has 0 aliphatic heterocycles. The highest BCUT2D eigenvalue weighted by Crippen LogP contribution is 2.40. The lowest BCUT2D eigenvalue weighted by Crippen LogP contribution is -2.25. The van der Waals surface area contributed by atoms with Crippen molar-refractivity contribution in [3.63, 3.8) is 0 Å². The molecule has 1 aromatic rings. The zero-order valence-corrected chi connectivity index (χ0v) is 10.9. The van der Waals surface area contributed by atoms with Crippen LogP contribution in [0, 0.1) is 18.8 Å². The van der Waals surface area contributed by atoms with Crippen LogP contribution in [-0.2, 0) is 0 Å². The van der Waals surface area contributed by atoms with E-state index in [0.717, 1.165) is 11.1 Å². The predicted molar refractivity (Wildman–Crippen MR) is 69.7 cm³/mol. The van der Waals surface area contributed by atoms with E-state index in [0.29, 0.717) is 11.8 Å². The van der Waals surface area contributed by atoms with E-state index in [-0.39, 0.29) is 6.10 Å². The third-order valence-electron chi connectivity index (χ3n) is 4.28. The van der Waals surface area contributed by atoms with Crippen LogP contribution in [0.5, 0.6) is 0 Å². The van der Waals surface area contributed by atoms with E-state index in [1.807, 2.05) is 19.2 Å². The van der Waals surface area contributed by atoms with Gasteiger partial charge in [0, 0.05) is 12.4 Å². The van der Waals surface area contributed by atoms with Crippen molar-refractivity contribution in [1.82, 2.24) is 4.98 Å². The molecule has 2 rings (SSSR count). The number of aromatic nitrogens is 1. The average molecular weight is 233 g/mol. The minimum absolute atomic E-state index is 0.303. The Morgan fingerprint density at radius 2 is 2.18 bits per heavy atom. The van der Waals surface area contributed by atoms with Crippen molar-refractivity contribution in [2.75, 3.05) is 0 Å². The number of aliphatic hydroxyl groups excluding tert-OH is 1. The van der Waals surface area contributed by atoms with Crippen molar-refractivity contribution in [1.29, 1.82) is 0 Å². The number of hydrogen-bond donors (Lipinski definition) is 1. The Morgan fingerprint density at radius 1 is 1.41 bits per heavy atom. The average Bonchev–Trinajstić information content (AvgIpc) is 2.38. The molecule has 0 spiro atoms. The minimum Gasteiger partial charge on any atom is -0.388 e. The maximum absolute atomic E-state index is 10.6. The Kier molecular flexibility index (Phi) is 4.16. The molecule has 1 aromatic heterocycles. The fourth-order valence-corrected chi connectivity index (χ4v) is 3.21. The van der Waals surface area contributed by atoms with Gasteiger partial charge >= 0.3 is 0 Å². The highest BCUT2D eigenvalue weighted by atomic mass is 16.3. The van der Waals surface area contributed by atoms with Gasteiger partial charge in [-0.1, -0.05) is 32.6 Å². The zero-order valence-electron chi connectivity index (χ0n) is 10.9. The van der Waals surface area contributed by atoms with Crippen molar-refractivity contribution >= 4 is 0 Å². The van der Waals surface area contributed by atoms with Crippen LogP contribution in [0.25, 0.3) is 0 Å². The summed E-state index contributed by atoms with van der Waals surface area (Å²) in [4.78, 5) is 4.10. The van der Waals surface area contributed by atoms with Gasteiger partial charge in [0.25, 0.3) is 0 Å². The van der Waals surface area contributed by atoms with Crippen LogP contribution >= 0.6 is 0 Å². The van der Waals surface area contributed by atoms with Crippen molar-refractivity contribution in [2.45, 2.75) is 52.1 Å². The summed E-state index contributed by atoms with van der Waals surface area (Å²) in [6.45, 7) is 4.28. The molecule has 0 amide bonds.